The Morgan fingerprint density at radius 1 is 1.19 bits per heavy atom. The molecule has 1 aromatic heterocycles. The first-order valence-corrected chi connectivity index (χ1v) is 12.9. The summed E-state index contributed by atoms with van der Waals surface area (Å²) >= 11 is 0. The highest BCUT2D eigenvalue weighted by Crippen LogP contribution is 2.40. The topological polar surface area (TPSA) is 115 Å². The van der Waals surface area contributed by atoms with Crippen LogP contribution in [0.3, 0.4) is 0 Å². The van der Waals surface area contributed by atoms with E-state index in [-0.39, 0.29) is 6.61 Å². The number of fused-ring (bicyclic) bond motifs is 1. The van der Waals surface area contributed by atoms with Crippen molar-refractivity contribution in [1.29, 1.82) is 0 Å². The maximum atomic E-state index is 12.8. The van der Waals surface area contributed by atoms with Crippen molar-refractivity contribution in [2.75, 3.05) is 26.7 Å². The molecule has 8 heteroatoms. The number of rotatable bonds is 11. The molecule has 1 unspecified atom stereocenters. The summed E-state index contributed by atoms with van der Waals surface area (Å²) < 4.78 is 5.35. The van der Waals surface area contributed by atoms with Crippen LogP contribution in [0.5, 0.6) is 5.75 Å². The van der Waals surface area contributed by atoms with Crippen LogP contribution in [0.25, 0.3) is 10.9 Å². The number of carbonyl (C=O) groups excluding carboxylic acids is 1. The van der Waals surface area contributed by atoms with Gasteiger partial charge in [0.05, 0.1) is 30.8 Å². The van der Waals surface area contributed by atoms with Crippen molar-refractivity contribution in [1.82, 2.24) is 15.4 Å². The SMILES string of the molecule is COc1ccc2ncc(CO)c(C(O)CCC3(C(=O)NO)CCN(CCCc4ccccc4)CC3)c2c1. The Bertz CT molecular complexity index is 1170. The summed E-state index contributed by atoms with van der Waals surface area (Å²) in [6.45, 7) is 2.22. The van der Waals surface area contributed by atoms with Crippen molar-refractivity contribution in [2.45, 2.75) is 51.2 Å². The number of aliphatic hydroxyl groups excluding tert-OH is 2. The molecule has 4 N–H and O–H groups in total. The van der Waals surface area contributed by atoms with E-state index in [4.69, 9.17) is 4.74 Å². The van der Waals surface area contributed by atoms with Gasteiger partial charge in [0.2, 0.25) is 5.91 Å². The van der Waals surface area contributed by atoms with Crippen LogP contribution in [0.2, 0.25) is 0 Å². The highest BCUT2D eigenvalue weighted by atomic mass is 16.5. The van der Waals surface area contributed by atoms with Gasteiger partial charge in [-0.3, -0.25) is 15.0 Å². The number of piperidine rings is 1. The molecular weight excluding hydrogens is 470 g/mol. The molecule has 0 bridgehead atoms. The molecule has 37 heavy (non-hydrogen) atoms. The fourth-order valence-corrected chi connectivity index (χ4v) is 5.50. The molecule has 2 heterocycles. The Labute approximate surface area is 217 Å². The number of nitrogens with one attached hydrogen (secondary N) is 1. The average Bonchev–Trinajstić information content (AvgIpc) is 2.95. The third-order valence-corrected chi connectivity index (χ3v) is 7.78. The van der Waals surface area contributed by atoms with Crippen LogP contribution >= 0.6 is 0 Å². The maximum Gasteiger partial charge on any atom is 0.249 e. The van der Waals surface area contributed by atoms with Crippen LogP contribution in [-0.4, -0.2) is 58.0 Å². The van der Waals surface area contributed by atoms with Crippen LogP contribution < -0.4 is 10.2 Å². The van der Waals surface area contributed by atoms with Crippen molar-refractivity contribution < 1.29 is 25.0 Å². The van der Waals surface area contributed by atoms with Gasteiger partial charge in [-0.25, -0.2) is 5.48 Å². The van der Waals surface area contributed by atoms with Crippen molar-refractivity contribution in [3.63, 3.8) is 0 Å². The largest absolute Gasteiger partial charge is 0.497 e. The van der Waals surface area contributed by atoms with Gasteiger partial charge in [-0.05, 0) is 87.5 Å². The second kappa shape index (κ2) is 12.5. The third-order valence-electron chi connectivity index (χ3n) is 7.78. The fraction of sp³-hybridized carbons (Fsp3) is 0.448. The highest BCUT2D eigenvalue weighted by molar-refractivity contribution is 5.85. The van der Waals surface area contributed by atoms with Gasteiger partial charge >= 0.3 is 0 Å². The van der Waals surface area contributed by atoms with E-state index in [2.05, 4.69) is 34.1 Å². The number of methoxy groups -OCH3 is 1. The normalized spacial score (nSPS) is 16.4. The molecule has 2 aromatic carbocycles. The van der Waals surface area contributed by atoms with Crippen LogP contribution in [0, 0.1) is 5.41 Å². The zero-order chi connectivity index (χ0) is 26.3. The lowest BCUT2D eigenvalue weighted by atomic mass is 9.73. The van der Waals surface area contributed by atoms with E-state index in [1.165, 1.54) is 5.56 Å². The summed E-state index contributed by atoms with van der Waals surface area (Å²) in [5, 5.41) is 31.5. The summed E-state index contributed by atoms with van der Waals surface area (Å²) in [6.07, 6.45) is 4.67. The second-order valence-electron chi connectivity index (χ2n) is 9.94. The molecular formula is C29H37N3O5. The number of ether oxygens (including phenoxy) is 1. The molecule has 0 radical (unpaired) electrons. The van der Waals surface area contributed by atoms with Crippen LogP contribution in [0.1, 0.15) is 54.9 Å². The molecule has 0 aliphatic carbocycles. The number of aryl methyl sites for hydroxylation is 1. The van der Waals surface area contributed by atoms with Crippen molar-refractivity contribution >= 4 is 16.8 Å². The average molecular weight is 508 g/mol. The van der Waals surface area contributed by atoms with Gasteiger partial charge in [0.15, 0.2) is 0 Å². The summed E-state index contributed by atoms with van der Waals surface area (Å²) in [4.78, 5) is 19.6. The first-order valence-electron chi connectivity index (χ1n) is 12.9. The molecule has 4 rings (SSSR count). The van der Waals surface area contributed by atoms with Gasteiger partial charge in [-0.15, -0.1) is 0 Å². The number of hydrogen-bond acceptors (Lipinski definition) is 7. The number of hydroxylamine groups is 1. The number of carbonyl (C=O) groups is 1. The first-order chi connectivity index (χ1) is 18.0. The molecule has 1 aliphatic rings. The Morgan fingerprint density at radius 2 is 1.95 bits per heavy atom. The number of benzene rings is 2. The van der Waals surface area contributed by atoms with Gasteiger partial charge in [-0.2, -0.15) is 0 Å². The van der Waals surface area contributed by atoms with Crippen LogP contribution in [0.15, 0.2) is 54.7 Å². The van der Waals surface area contributed by atoms with Crippen molar-refractivity contribution in [3.05, 3.63) is 71.4 Å². The predicted octanol–water partition coefficient (Wildman–Crippen LogP) is 3.77. The Kier molecular flexibility index (Phi) is 9.10. The Balaban J connectivity index is 1.43. The number of aromatic nitrogens is 1. The molecule has 1 saturated heterocycles. The van der Waals surface area contributed by atoms with E-state index in [9.17, 15) is 20.2 Å². The number of pyridine rings is 1. The lowest BCUT2D eigenvalue weighted by Gasteiger charge is -2.40. The minimum Gasteiger partial charge on any atom is -0.497 e. The minimum absolute atomic E-state index is 0.257. The smallest absolute Gasteiger partial charge is 0.249 e. The molecule has 8 nitrogen and oxygen atoms in total. The highest BCUT2D eigenvalue weighted by Gasteiger charge is 2.41. The Hall–Kier alpha value is -3.04. The quantitative estimate of drug-likeness (QED) is 0.231. The standard InChI is InChI=1S/C29H37N3O5/c1-37-23-9-10-25-24(18-23)27(22(20-33)19-30-25)26(34)11-12-29(28(35)31-36)13-16-32(17-14-29)15-5-8-21-6-3-2-4-7-21/h2-4,6-7,9-10,18-19,26,33-34,36H,5,8,11-17,20H2,1H3,(H,31,35). The van der Waals surface area contributed by atoms with E-state index in [0.717, 1.165) is 32.5 Å². The Morgan fingerprint density at radius 3 is 2.62 bits per heavy atom. The summed E-state index contributed by atoms with van der Waals surface area (Å²) in [5.41, 5.74) is 4.28. The summed E-state index contributed by atoms with van der Waals surface area (Å²) in [5.74, 6) is 0.237. The molecule has 0 saturated carbocycles. The van der Waals surface area contributed by atoms with Gasteiger partial charge in [0, 0.05) is 17.1 Å². The zero-order valence-corrected chi connectivity index (χ0v) is 21.4. The molecule has 3 aromatic rings. The number of likely N-dealkylation sites (tertiary alicyclic amines) is 1. The third kappa shape index (κ3) is 6.27. The zero-order valence-electron chi connectivity index (χ0n) is 21.4. The van der Waals surface area contributed by atoms with E-state index in [0.29, 0.717) is 53.5 Å². The predicted molar refractivity (Wildman–Crippen MR) is 141 cm³/mol. The molecule has 1 aliphatic heterocycles. The molecule has 1 fully saturated rings. The molecule has 1 atom stereocenters. The number of amides is 1. The maximum absolute atomic E-state index is 12.8. The van der Waals surface area contributed by atoms with Gasteiger partial charge in [0.1, 0.15) is 5.75 Å². The summed E-state index contributed by atoms with van der Waals surface area (Å²) in [7, 11) is 1.58. The lowest BCUT2D eigenvalue weighted by Crippen LogP contribution is -2.48. The first kappa shape index (κ1) is 27.0. The lowest BCUT2D eigenvalue weighted by molar-refractivity contribution is -0.143. The van der Waals surface area contributed by atoms with E-state index < -0.39 is 17.4 Å². The van der Waals surface area contributed by atoms with Crippen LogP contribution in [0.4, 0.5) is 0 Å². The van der Waals surface area contributed by atoms with Gasteiger partial charge < -0.3 is 19.8 Å². The minimum atomic E-state index is -0.910. The van der Waals surface area contributed by atoms with Crippen molar-refractivity contribution in [2.24, 2.45) is 5.41 Å². The fourth-order valence-electron chi connectivity index (χ4n) is 5.50. The van der Waals surface area contributed by atoms with E-state index in [1.54, 1.807) is 19.4 Å². The van der Waals surface area contributed by atoms with Crippen molar-refractivity contribution in [3.8, 4) is 5.75 Å². The molecule has 0 spiro atoms. The van der Waals surface area contributed by atoms with Gasteiger partial charge in [-0.1, -0.05) is 30.3 Å². The molecule has 198 valence electrons. The van der Waals surface area contributed by atoms with Gasteiger partial charge in [0.25, 0.3) is 0 Å². The van der Waals surface area contributed by atoms with E-state index >= 15 is 0 Å². The number of nitrogens with zero attached hydrogens (tertiary/aromatic N) is 2. The monoisotopic (exact) mass is 507 g/mol. The van der Waals surface area contributed by atoms with E-state index in [1.807, 2.05) is 23.7 Å². The number of aliphatic hydroxyl groups is 2. The number of hydrogen-bond donors (Lipinski definition) is 4. The second-order valence-corrected chi connectivity index (χ2v) is 9.94. The molecule has 1 amide bonds. The summed E-state index contributed by atoms with van der Waals surface area (Å²) in [6, 6.07) is 15.9. The van der Waals surface area contributed by atoms with Crippen LogP contribution in [-0.2, 0) is 17.8 Å².